The van der Waals surface area contributed by atoms with E-state index in [0.29, 0.717) is 11.3 Å². The molecule has 0 amide bonds. The van der Waals surface area contributed by atoms with Crippen LogP contribution in [0.5, 0.6) is 0 Å². The summed E-state index contributed by atoms with van der Waals surface area (Å²) in [4.78, 5) is 19.5. The van der Waals surface area contributed by atoms with E-state index in [1.165, 1.54) is 0 Å². The third-order valence-corrected chi connectivity index (χ3v) is 3.08. The molecule has 0 unspecified atom stereocenters. The van der Waals surface area contributed by atoms with Crippen molar-refractivity contribution in [2.24, 2.45) is 0 Å². The summed E-state index contributed by atoms with van der Waals surface area (Å²) in [6.07, 6.45) is 1.55. The summed E-state index contributed by atoms with van der Waals surface area (Å²) in [6, 6.07) is 13.6. The Morgan fingerprint density at radius 1 is 1.05 bits per heavy atom. The lowest BCUT2D eigenvalue weighted by atomic mass is 9.99. The van der Waals surface area contributed by atoms with Gasteiger partial charge in [-0.1, -0.05) is 56.3 Å². The molecular weight excluding hydrogens is 248 g/mol. The van der Waals surface area contributed by atoms with E-state index >= 15 is 0 Å². The van der Waals surface area contributed by atoms with Gasteiger partial charge in [0.1, 0.15) is 5.69 Å². The molecule has 2 aromatic carbocycles. The summed E-state index contributed by atoms with van der Waals surface area (Å²) in [7, 11) is 0. The van der Waals surface area contributed by atoms with Gasteiger partial charge in [0.25, 0.3) is 0 Å². The molecule has 0 bridgehead atoms. The minimum atomic E-state index is -0.0365. The van der Waals surface area contributed by atoms with Gasteiger partial charge in [0.15, 0.2) is 0 Å². The molecule has 0 saturated carbocycles. The first-order chi connectivity index (χ1) is 9.77. The van der Waals surface area contributed by atoms with Crippen molar-refractivity contribution >= 4 is 16.6 Å². The molecule has 20 heavy (non-hydrogen) atoms. The molecule has 1 heterocycles. The Kier molecular flexibility index (Phi) is 4.31. The van der Waals surface area contributed by atoms with Gasteiger partial charge in [-0.2, -0.15) is 0 Å². The Morgan fingerprint density at radius 3 is 2.45 bits per heavy atom. The van der Waals surface area contributed by atoms with Gasteiger partial charge in [0.2, 0.25) is 5.78 Å². The van der Waals surface area contributed by atoms with Gasteiger partial charge in [-0.25, -0.2) is 4.98 Å². The van der Waals surface area contributed by atoms with Crippen molar-refractivity contribution < 1.29 is 4.79 Å². The number of benzene rings is 2. The van der Waals surface area contributed by atoms with E-state index < -0.39 is 0 Å². The fraction of sp³-hybridized carbons (Fsp3) is 0.176. The van der Waals surface area contributed by atoms with E-state index in [4.69, 9.17) is 0 Å². The van der Waals surface area contributed by atoms with Gasteiger partial charge >= 0.3 is 0 Å². The van der Waals surface area contributed by atoms with Crippen molar-refractivity contribution in [2.75, 3.05) is 0 Å². The van der Waals surface area contributed by atoms with Crippen LogP contribution < -0.4 is 0 Å². The van der Waals surface area contributed by atoms with E-state index in [9.17, 15) is 4.79 Å². The average Bonchev–Trinajstić information content (AvgIpc) is 2.94. The second-order valence-corrected chi connectivity index (χ2v) is 4.23. The normalized spacial score (nSPS) is 9.95. The van der Waals surface area contributed by atoms with Crippen LogP contribution in [0.1, 0.15) is 35.6 Å². The number of imidazole rings is 1. The van der Waals surface area contributed by atoms with Crippen LogP contribution in [0.25, 0.3) is 10.8 Å². The first-order valence-corrected chi connectivity index (χ1v) is 6.80. The number of hydrogen-bond donors (Lipinski definition) is 1. The van der Waals surface area contributed by atoms with Crippen LogP contribution in [0.3, 0.4) is 0 Å². The number of aromatic nitrogens is 2. The number of aryl methyl sites for hydroxylation is 1. The van der Waals surface area contributed by atoms with Crippen molar-refractivity contribution in [1.29, 1.82) is 0 Å². The summed E-state index contributed by atoms with van der Waals surface area (Å²) in [5, 5.41) is 2.03. The predicted octanol–water partition coefficient (Wildman–Crippen LogP) is 4.13. The molecule has 0 radical (unpaired) electrons. The number of ketones is 1. The highest BCUT2D eigenvalue weighted by Crippen LogP contribution is 2.21. The molecule has 3 heteroatoms. The number of H-pyrrole nitrogens is 1. The highest BCUT2D eigenvalue weighted by atomic mass is 16.1. The maximum atomic E-state index is 12.5. The molecule has 0 atom stereocenters. The zero-order chi connectivity index (χ0) is 14.5. The molecule has 3 rings (SSSR count). The third-order valence-electron chi connectivity index (χ3n) is 3.08. The number of carbonyl (C=O) groups is 1. The van der Waals surface area contributed by atoms with E-state index in [1.807, 2.05) is 63.2 Å². The molecule has 3 nitrogen and oxygen atoms in total. The Balaban J connectivity index is 0.000000704. The maximum Gasteiger partial charge on any atom is 0.213 e. The lowest BCUT2D eigenvalue weighted by Crippen LogP contribution is -2.04. The molecule has 0 saturated heterocycles. The first kappa shape index (κ1) is 14.0. The topological polar surface area (TPSA) is 45.8 Å². The lowest BCUT2D eigenvalue weighted by Gasteiger charge is -2.04. The average molecular weight is 266 g/mol. The molecule has 0 spiro atoms. The summed E-state index contributed by atoms with van der Waals surface area (Å²) < 4.78 is 0. The molecule has 1 aromatic heterocycles. The molecular formula is C17H18N2O. The number of nitrogens with zero attached hydrogens (tertiary/aromatic N) is 1. The molecule has 1 N–H and O–H groups in total. The number of aromatic amines is 1. The van der Waals surface area contributed by atoms with Gasteiger partial charge in [0.05, 0.1) is 6.33 Å². The SMILES string of the molecule is CC.Cc1[nH]cnc1C(=O)c1cccc2ccccc12. The minimum Gasteiger partial charge on any atom is -0.348 e. The van der Waals surface area contributed by atoms with Gasteiger partial charge in [-0.3, -0.25) is 4.79 Å². The van der Waals surface area contributed by atoms with Crippen LogP contribution in [0.2, 0.25) is 0 Å². The van der Waals surface area contributed by atoms with Crippen LogP contribution in [-0.4, -0.2) is 15.8 Å². The van der Waals surface area contributed by atoms with Crippen LogP contribution >= 0.6 is 0 Å². The van der Waals surface area contributed by atoms with Crippen molar-refractivity contribution in [3.63, 3.8) is 0 Å². The molecule has 0 aliphatic heterocycles. The van der Waals surface area contributed by atoms with Crippen LogP contribution in [0.4, 0.5) is 0 Å². The van der Waals surface area contributed by atoms with Gasteiger partial charge in [0, 0.05) is 11.3 Å². The smallest absolute Gasteiger partial charge is 0.213 e. The summed E-state index contributed by atoms with van der Waals surface area (Å²) in [5.74, 6) is -0.0365. The number of nitrogens with one attached hydrogen (secondary N) is 1. The van der Waals surface area contributed by atoms with Gasteiger partial charge in [-0.15, -0.1) is 0 Å². The molecule has 0 aliphatic rings. The largest absolute Gasteiger partial charge is 0.348 e. The van der Waals surface area contributed by atoms with Crippen molar-refractivity contribution in [1.82, 2.24) is 9.97 Å². The predicted molar refractivity (Wildman–Crippen MR) is 82.1 cm³/mol. The summed E-state index contributed by atoms with van der Waals surface area (Å²) >= 11 is 0. The standard InChI is InChI=1S/C15H12N2O.C2H6/c1-10-14(17-9-16-10)15(18)13-8-4-6-11-5-2-3-7-12(11)13;1-2/h2-9H,1H3,(H,16,17);1-2H3. The minimum absolute atomic E-state index is 0.0365. The Bertz CT molecular complexity index is 723. The Hall–Kier alpha value is -2.42. The fourth-order valence-corrected chi connectivity index (χ4v) is 2.14. The second-order valence-electron chi connectivity index (χ2n) is 4.23. The van der Waals surface area contributed by atoms with Crippen molar-refractivity contribution in [2.45, 2.75) is 20.8 Å². The van der Waals surface area contributed by atoms with Crippen LogP contribution in [0.15, 0.2) is 48.8 Å². The number of fused-ring (bicyclic) bond motifs is 1. The van der Waals surface area contributed by atoms with Crippen molar-refractivity contribution in [3.8, 4) is 0 Å². The monoisotopic (exact) mass is 266 g/mol. The van der Waals surface area contributed by atoms with Gasteiger partial charge < -0.3 is 4.98 Å². The highest BCUT2D eigenvalue weighted by Gasteiger charge is 2.16. The number of rotatable bonds is 2. The van der Waals surface area contributed by atoms with E-state index in [0.717, 1.165) is 16.5 Å². The molecule has 102 valence electrons. The summed E-state index contributed by atoms with van der Waals surface area (Å²) in [6.45, 7) is 5.85. The summed E-state index contributed by atoms with van der Waals surface area (Å²) in [5.41, 5.74) is 1.99. The third kappa shape index (κ3) is 2.48. The lowest BCUT2D eigenvalue weighted by molar-refractivity contribution is 0.103. The van der Waals surface area contributed by atoms with Crippen molar-refractivity contribution in [3.05, 3.63) is 65.7 Å². The zero-order valence-electron chi connectivity index (χ0n) is 12.0. The zero-order valence-corrected chi connectivity index (χ0v) is 12.0. The fourth-order valence-electron chi connectivity index (χ4n) is 2.14. The quantitative estimate of drug-likeness (QED) is 0.709. The Labute approximate surface area is 118 Å². The number of hydrogen-bond acceptors (Lipinski definition) is 2. The van der Waals surface area contributed by atoms with E-state index in [2.05, 4.69) is 9.97 Å². The molecule has 0 fully saturated rings. The van der Waals surface area contributed by atoms with E-state index in [1.54, 1.807) is 6.33 Å². The first-order valence-electron chi connectivity index (χ1n) is 6.80. The highest BCUT2D eigenvalue weighted by molar-refractivity contribution is 6.15. The Morgan fingerprint density at radius 2 is 1.75 bits per heavy atom. The van der Waals surface area contributed by atoms with Crippen LogP contribution in [0, 0.1) is 6.92 Å². The maximum absolute atomic E-state index is 12.5. The number of carbonyl (C=O) groups excluding carboxylic acids is 1. The second kappa shape index (κ2) is 6.15. The molecule has 3 aromatic rings. The van der Waals surface area contributed by atoms with Crippen LogP contribution in [-0.2, 0) is 0 Å². The van der Waals surface area contributed by atoms with E-state index in [-0.39, 0.29) is 5.78 Å². The molecule has 0 aliphatic carbocycles. The van der Waals surface area contributed by atoms with Gasteiger partial charge in [-0.05, 0) is 17.7 Å².